The monoisotopic (exact) mass is 562 g/mol. The lowest BCUT2D eigenvalue weighted by atomic mass is 9.94. The molecule has 10 aromatic rings. The Morgan fingerprint density at radius 3 is 1.93 bits per heavy atom. The number of rotatable bonds is 2. The van der Waals surface area contributed by atoms with Gasteiger partial charge in [-0.1, -0.05) is 91.0 Å². The van der Waals surface area contributed by atoms with Crippen LogP contribution in [0.15, 0.2) is 143 Å². The van der Waals surface area contributed by atoms with Gasteiger partial charge >= 0.3 is 0 Å². The molecule has 204 valence electrons. The Kier molecular flexibility index (Phi) is 4.69. The first kappa shape index (κ1) is 23.6. The van der Waals surface area contributed by atoms with Gasteiger partial charge in [-0.2, -0.15) is 0 Å². The number of benzene rings is 7. The molecule has 0 spiro atoms. The van der Waals surface area contributed by atoms with Gasteiger partial charge in [-0.15, -0.1) is 0 Å². The quantitative estimate of drug-likeness (QED) is 0.197. The second kappa shape index (κ2) is 8.76. The van der Waals surface area contributed by atoms with Gasteiger partial charge in [0.05, 0.1) is 16.4 Å². The van der Waals surface area contributed by atoms with Crippen LogP contribution < -0.4 is 0 Å². The van der Waals surface area contributed by atoms with Crippen LogP contribution in [0.3, 0.4) is 0 Å². The molecule has 0 N–H and O–H groups in total. The molecule has 3 aromatic heterocycles. The summed E-state index contributed by atoms with van der Waals surface area (Å²) in [4.78, 5) is 9.39. The summed E-state index contributed by atoms with van der Waals surface area (Å²) in [5.74, 6) is 0. The molecule has 0 radical (unpaired) electrons. The van der Waals surface area contributed by atoms with Gasteiger partial charge in [-0.3, -0.25) is 9.97 Å². The van der Waals surface area contributed by atoms with Gasteiger partial charge in [0.2, 0.25) is 0 Å². The number of para-hydroxylation sites is 2. The Balaban J connectivity index is 1.18. The van der Waals surface area contributed by atoms with Crippen LogP contribution >= 0.6 is 0 Å². The smallest absolute Gasteiger partial charge is 0.147 e. The maximum absolute atomic E-state index is 6.74. The van der Waals surface area contributed by atoms with Crippen LogP contribution in [0, 0.1) is 0 Å². The number of fused-ring (bicyclic) bond motifs is 13. The Labute approximate surface area is 250 Å². The van der Waals surface area contributed by atoms with Crippen LogP contribution in [0.25, 0.3) is 98.7 Å². The second-order valence-electron chi connectivity index (χ2n) is 11.3. The number of hydrogen-bond acceptors (Lipinski definition) is 4. The highest BCUT2D eigenvalue weighted by atomic mass is 16.3. The predicted molar refractivity (Wildman–Crippen MR) is 180 cm³/mol. The van der Waals surface area contributed by atoms with Gasteiger partial charge < -0.3 is 8.83 Å². The molecule has 44 heavy (non-hydrogen) atoms. The van der Waals surface area contributed by atoms with Crippen molar-refractivity contribution in [3.63, 3.8) is 0 Å². The molecule has 0 fully saturated rings. The van der Waals surface area contributed by atoms with E-state index in [-0.39, 0.29) is 0 Å². The van der Waals surface area contributed by atoms with E-state index in [0.29, 0.717) is 0 Å². The fourth-order valence-corrected chi connectivity index (χ4v) is 6.97. The van der Waals surface area contributed by atoms with Crippen molar-refractivity contribution in [3.8, 4) is 22.3 Å². The molecular weight excluding hydrogens is 540 g/mol. The van der Waals surface area contributed by atoms with Crippen molar-refractivity contribution in [3.05, 3.63) is 134 Å². The molecule has 10 rings (SSSR count). The summed E-state index contributed by atoms with van der Waals surface area (Å²) in [5, 5.41) is 8.86. The molecule has 0 saturated carbocycles. The SMILES string of the molecule is c1cc(-c2ccc3c(c2)c2ccccc2c2nccnc32)cc(-c2cccc3c2oc2c3ccc3oc4ccccc4c32)c1. The standard InChI is InChI=1S/C40H22N2O2/c1-2-10-28-27(9-1)33-22-24(15-16-29(33)38-37(28)41-19-20-42-38)23-7-5-8-25(21-23)26-12-6-13-30-31-17-18-35-36(40(31)44-39(26)30)32-11-3-4-14-34(32)43-35/h1-22H. The van der Waals surface area contributed by atoms with Gasteiger partial charge in [-0.05, 0) is 57.8 Å². The maximum Gasteiger partial charge on any atom is 0.147 e. The zero-order valence-corrected chi connectivity index (χ0v) is 23.4. The number of nitrogens with zero attached hydrogens (tertiary/aromatic N) is 2. The van der Waals surface area contributed by atoms with Gasteiger partial charge in [0.1, 0.15) is 22.3 Å². The minimum Gasteiger partial charge on any atom is -0.456 e. The highest BCUT2D eigenvalue weighted by Gasteiger charge is 2.18. The highest BCUT2D eigenvalue weighted by Crippen LogP contribution is 2.42. The van der Waals surface area contributed by atoms with E-state index in [1.165, 1.54) is 10.8 Å². The summed E-state index contributed by atoms with van der Waals surface area (Å²) in [6.45, 7) is 0. The lowest BCUT2D eigenvalue weighted by Gasteiger charge is -2.11. The molecule has 0 unspecified atom stereocenters. The fraction of sp³-hybridized carbons (Fsp3) is 0. The van der Waals surface area contributed by atoms with E-state index in [9.17, 15) is 0 Å². The molecule has 0 amide bonds. The summed E-state index contributed by atoms with van der Waals surface area (Å²) in [7, 11) is 0. The summed E-state index contributed by atoms with van der Waals surface area (Å²) >= 11 is 0. The van der Waals surface area contributed by atoms with Crippen molar-refractivity contribution in [2.45, 2.75) is 0 Å². The van der Waals surface area contributed by atoms with Crippen LogP contribution in [-0.4, -0.2) is 9.97 Å². The average molecular weight is 563 g/mol. The number of furan rings is 2. The molecule has 0 saturated heterocycles. The molecule has 3 heterocycles. The topological polar surface area (TPSA) is 52.1 Å². The van der Waals surface area contributed by atoms with Crippen molar-refractivity contribution in [1.29, 1.82) is 0 Å². The van der Waals surface area contributed by atoms with Gasteiger partial charge in [0.25, 0.3) is 0 Å². The second-order valence-corrected chi connectivity index (χ2v) is 11.3. The molecule has 0 aliphatic carbocycles. The van der Waals surface area contributed by atoms with E-state index in [1.54, 1.807) is 12.4 Å². The van der Waals surface area contributed by atoms with E-state index in [4.69, 9.17) is 13.8 Å². The van der Waals surface area contributed by atoms with Crippen molar-refractivity contribution >= 4 is 76.5 Å². The van der Waals surface area contributed by atoms with E-state index in [1.807, 2.05) is 18.2 Å². The van der Waals surface area contributed by atoms with Crippen molar-refractivity contribution in [1.82, 2.24) is 9.97 Å². The largest absolute Gasteiger partial charge is 0.456 e. The van der Waals surface area contributed by atoms with Gasteiger partial charge in [0, 0.05) is 44.9 Å². The third kappa shape index (κ3) is 3.22. The van der Waals surface area contributed by atoms with Crippen LogP contribution in [0.5, 0.6) is 0 Å². The fourth-order valence-electron chi connectivity index (χ4n) is 6.97. The normalized spacial score (nSPS) is 12.1. The molecule has 0 atom stereocenters. The lowest BCUT2D eigenvalue weighted by molar-refractivity contribution is 0.663. The predicted octanol–water partition coefficient (Wildman–Crippen LogP) is 11.1. The number of hydrogen-bond donors (Lipinski definition) is 0. The van der Waals surface area contributed by atoms with Crippen LogP contribution in [0.2, 0.25) is 0 Å². The van der Waals surface area contributed by atoms with Gasteiger partial charge in [0.15, 0.2) is 0 Å². The first-order chi connectivity index (χ1) is 21.8. The minimum atomic E-state index is 0.837. The number of aromatic nitrogens is 2. The van der Waals surface area contributed by atoms with Gasteiger partial charge in [-0.25, -0.2) is 0 Å². The average Bonchev–Trinajstić information content (AvgIpc) is 3.67. The van der Waals surface area contributed by atoms with Crippen LogP contribution in [-0.2, 0) is 0 Å². The summed E-state index contributed by atoms with van der Waals surface area (Å²) in [5.41, 5.74) is 9.77. The molecule has 7 aromatic carbocycles. The van der Waals surface area contributed by atoms with Crippen molar-refractivity contribution in [2.24, 2.45) is 0 Å². The summed E-state index contributed by atoms with van der Waals surface area (Å²) in [6, 6.07) is 42.6. The molecule has 0 aliphatic rings. The van der Waals surface area contributed by atoms with E-state index in [2.05, 4.69) is 108 Å². The Bertz CT molecular complexity index is 2750. The zero-order valence-electron chi connectivity index (χ0n) is 23.4. The highest BCUT2D eigenvalue weighted by molar-refractivity contribution is 6.24. The minimum absolute atomic E-state index is 0.837. The molecule has 0 aliphatic heterocycles. The zero-order chi connectivity index (χ0) is 28.8. The third-order valence-electron chi connectivity index (χ3n) is 8.96. The summed E-state index contributed by atoms with van der Waals surface area (Å²) < 4.78 is 12.9. The van der Waals surface area contributed by atoms with E-state index in [0.717, 1.165) is 87.9 Å². The van der Waals surface area contributed by atoms with E-state index >= 15 is 0 Å². The first-order valence-corrected chi connectivity index (χ1v) is 14.7. The van der Waals surface area contributed by atoms with Crippen LogP contribution in [0.4, 0.5) is 0 Å². The molecule has 4 nitrogen and oxygen atoms in total. The summed E-state index contributed by atoms with van der Waals surface area (Å²) in [6.07, 6.45) is 3.54. The van der Waals surface area contributed by atoms with E-state index < -0.39 is 0 Å². The Morgan fingerprint density at radius 2 is 1.05 bits per heavy atom. The Hall–Kier alpha value is -6.00. The lowest BCUT2D eigenvalue weighted by Crippen LogP contribution is -1.89. The Morgan fingerprint density at radius 1 is 0.386 bits per heavy atom. The van der Waals surface area contributed by atoms with Crippen LogP contribution in [0.1, 0.15) is 0 Å². The molecule has 0 bridgehead atoms. The maximum atomic E-state index is 6.74. The van der Waals surface area contributed by atoms with Crippen molar-refractivity contribution in [2.75, 3.05) is 0 Å². The molecule has 4 heteroatoms. The van der Waals surface area contributed by atoms with Crippen molar-refractivity contribution < 1.29 is 8.83 Å². The third-order valence-corrected chi connectivity index (χ3v) is 8.96. The first-order valence-electron chi connectivity index (χ1n) is 14.7. The molecular formula is C40H22N2O2.